The van der Waals surface area contributed by atoms with Crippen molar-refractivity contribution < 1.29 is 9.59 Å². The van der Waals surface area contributed by atoms with E-state index in [4.69, 9.17) is 0 Å². The number of rotatable bonds is 5. The predicted molar refractivity (Wildman–Crippen MR) is 86.5 cm³/mol. The summed E-state index contributed by atoms with van der Waals surface area (Å²) in [4.78, 5) is 32.0. The number of aryl methyl sites for hydroxylation is 1. The van der Waals surface area contributed by atoms with E-state index in [9.17, 15) is 9.59 Å². The lowest BCUT2D eigenvalue weighted by atomic mass is 10.1. The topological polar surface area (TPSA) is 94.2 Å². The molecule has 0 aliphatic heterocycles. The van der Waals surface area contributed by atoms with Gasteiger partial charge in [0.25, 0.3) is 0 Å². The molecule has 3 aromatic rings. The van der Waals surface area contributed by atoms with Crippen LogP contribution < -0.4 is 5.32 Å². The van der Waals surface area contributed by atoms with Crippen LogP contribution in [0, 0.1) is 13.8 Å². The summed E-state index contributed by atoms with van der Waals surface area (Å²) in [6.45, 7) is 5.48. The highest BCUT2D eigenvalue weighted by Crippen LogP contribution is 2.13. The number of carbonyl (C=O) groups is 2. The zero-order valence-corrected chi connectivity index (χ0v) is 13.8. The van der Waals surface area contributed by atoms with Gasteiger partial charge in [0, 0.05) is 18.1 Å². The molecule has 0 aliphatic rings. The number of aromatic nitrogens is 5. The van der Waals surface area contributed by atoms with Gasteiger partial charge in [-0.2, -0.15) is 5.10 Å². The van der Waals surface area contributed by atoms with Gasteiger partial charge in [0.05, 0.1) is 35.9 Å². The molecule has 0 saturated carbocycles. The van der Waals surface area contributed by atoms with Crippen LogP contribution in [0.5, 0.6) is 0 Å². The van der Waals surface area contributed by atoms with Gasteiger partial charge in [-0.25, -0.2) is 4.98 Å². The van der Waals surface area contributed by atoms with Gasteiger partial charge in [0.15, 0.2) is 11.4 Å². The van der Waals surface area contributed by atoms with E-state index in [0.29, 0.717) is 23.5 Å². The Bertz CT molecular complexity index is 924. The Labute approximate surface area is 138 Å². The molecule has 24 heavy (non-hydrogen) atoms. The van der Waals surface area contributed by atoms with Crippen molar-refractivity contribution in [1.82, 2.24) is 29.5 Å². The van der Waals surface area contributed by atoms with E-state index in [1.807, 2.05) is 4.40 Å². The summed E-state index contributed by atoms with van der Waals surface area (Å²) in [5, 5.41) is 7.12. The number of amides is 1. The third-order valence-electron chi connectivity index (χ3n) is 3.89. The minimum absolute atomic E-state index is 0.0454. The van der Waals surface area contributed by atoms with Crippen molar-refractivity contribution in [2.24, 2.45) is 0 Å². The van der Waals surface area contributed by atoms with Crippen LogP contribution in [0.4, 0.5) is 0 Å². The van der Waals surface area contributed by atoms with Gasteiger partial charge in [0.1, 0.15) is 6.54 Å². The molecular weight excluding hydrogens is 308 g/mol. The Morgan fingerprint density at radius 1 is 1.25 bits per heavy atom. The number of hydrogen-bond acceptors (Lipinski definition) is 5. The quantitative estimate of drug-likeness (QED) is 0.708. The Morgan fingerprint density at radius 2 is 2.04 bits per heavy atom. The van der Waals surface area contributed by atoms with Crippen LogP contribution in [0.2, 0.25) is 0 Å². The van der Waals surface area contributed by atoms with E-state index in [0.717, 1.165) is 11.3 Å². The average Bonchev–Trinajstić information content (AvgIpc) is 3.06. The number of carbonyl (C=O) groups excluding carboxylic acids is 2. The Hall–Kier alpha value is -3.03. The molecule has 3 heterocycles. The Balaban J connectivity index is 1.68. The van der Waals surface area contributed by atoms with E-state index in [1.54, 1.807) is 43.3 Å². The summed E-state index contributed by atoms with van der Waals surface area (Å²) in [5.41, 5.74) is 3.51. The van der Waals surface area contributed by atoms with Crippen molar-refractivity contribution in [3.63, 3.8) is 0 Å². The molecule has 124 valence electrons. The largest absolute Gasteiger partial charge is 0.349 e. The van der Waals surface area contributed by atoms with E-state index in [2.05, 4.69) is 20.4 Å². The van der Waals surface area contributed by atoms with Crippen molar-refractivity contribution in [3.05, 3.63) is 47.4 Å². The van der Waals surface area contributed by atoms with Crippen LogP contribution in [0.3, 0.4) is 0 Å². The molecule has 0 spiro atoms. The number of ketones is 1. The van der Waals surface area contributed by atoms with Gasteiger partial charge in [-0.1, -0.05) is 0 Å². The summed E-state index contributed by atoms with van der Waals surface area (Å²) in [7, 11) is 0. The lowest BCUT2D eigenvalue weighted by molar-refractivity contribution is -0.122. The van der Waals surface area contributed by atoms with Gasteiger partial charge in [-0.15, -0.1) is 0 Å². The highest BCUT2D eigenvalue weighted by Gasteiger charge is 2.16. The molecule has 1 amide bonds. The molecule has 0 aliphatic carbocycles. The third kappa shape index (κ3) is 2.90. The molecule has 3 rings (SSSR count). The number of hydrogen-bond donors (Lipinski definition) is 1. The fraction of sp³-hybridized carbons (Fsp3) is 0.312. The summed E-state index contributed by atoms with van der Waals surface area (Å²) >= 11 is 0. The molecule has 0 saturated heterocycles. The standard InChI is InChI=1S/C16H18N6O2/c1-10-16(12(3)23)11(2)22(20-10)9-15(24)19-7-13-6-18-14-8-17-4-5-21(13)14/h4-6,8H,7,9H2,1-3H3,(H,19,24). The summed E-state index contributed by atoms with van der Waals surface area (Å²) < 4.78 is 3.42. The van der Waals surface area contributed by atoms with Crippen molar-refractivity contribution in [2.45, 2.75) is 33.9 Å². The second-order valence-electron chi connectivity index (χ2n) is 5.59. The first-order chi connectivity index (χ1) is 11.5. The first-order valence-corrected chi connectivity index (χ1v) is 7.55. The van der Waals surface area contributed by atoms with Crippen molar-refractivity contribution in [1.29, 1.82) is 0 Å². The van der Waals surface area contributed by atoms with Gasteiger partial charge in [0.2, 0.25) is 5.91 Å². The highest BCUT2D eigenvalue weighted by atomic mass is 16.2. The fourth-order valence-electron chi connectivity index (χ4n) is 2.77. The minimum atomic E-state index is -0.181. The molecule has 0 fully saturated rings. The van der Waals surface area contributed by atoms with Gasteiger partial charge < -0.3 is 5.32 Å². The number of Topliss-reactive ketones (excluding diaryl/α,β-unsaturated/α-hetero) is 1. The maximum Gasteiger partial charge on any atom is 0.242 e. The molecule has 0 unspecified atom stereocenters. The van der Waals surface area contributed by atoms with Crippen LogP contribution in [0.25, 0.3) is 5.65 Å². The Morgan fingerprint density at radius 3 is 2.75 bits per heavy atom. The summed E-state index contributed by atoms with van der Waals surface area (Å²) in [5.74, 6) is -0.226. The lowest BCUT2D eigenvalue weighted by Crippen LogP contribution is -2.28. The van der Waals surface area contributed by atoms with Gasteiger partial charge >= 0.3 is 0 Å². The van der Waals surface area contributed by atoms with E-state index in [-0.39, 0.29) is 18.2 Å². The number of nitrogens with one attached hydrogen (secondary N) is 1. The molecule has 3 aromatic heterocycles. The summed E-state index contributed by atoms with van der Waals surface area (Å²) in [6.07, 6.45) is 6.82. The zero-order chi connectivity index (χ0) is 17.3. The van der Waals surface area contributed by atoms with Crippen LogP contribution in [0.1, 0.15) is 34.4 Å². The fourth-order valence-corrected chi connectivity index (χ4v) is 2.77. The molecule has 8 nitrogen and oxygen atoms in total. The number of imidazole rings is 1. The SMILES string of the molecule is CC(=O)c1c(C)nn(CC(=O)NCc2cnc3cnccn23)c1C. The monoisotopic (exact) mass is 326 g/mol. The first kappa shape index (κ1) is 15.9. The molecule has 0 bridgehead atoms. The van der Waals surface area contributed by atoms with E-state index in [1.165, 1.54) is 6.92 Å². The molecular formula is C16H18N6O2. The molecule has 0 radical (unpaired) electrons. The van der Waals surface area contributed by atoms with Crippen molar-refractivity contribution in [3.8, 4) is 0 Å². The van der Waals surface area contributed by atoms with Gasteiger partial charge in [-0.3, -0.25) is 23.7 Å². The molecule has 1 N–H and O–H groups in total. The maximum atomic E-state index is 12.2. The molecule has 0 atom stereocenters. The molecule has 0 aromatic carbocycles. The Kier molecular flexibility index (Phi) is 4.11. The second-order valence-corrected chi connectivity index (χ2v) is 5.59. The molecule has 8 heteroatoms. The van der Waals surface area contributed by atoms with Crippen molar-refractivity contribution in [2.75, 3.05) is 0 Å². The second kappa shape index (κ2) is 6.23. The zero-order valence-electron chi connectivity index (χ0n) is 13.8. The normalized spacial score (nSPS) is 11.0. The number of nitrogens with zero attached hydrogens (tertiary/aromatic N) is 5. The van der Waals surface area contributed by atoms with Crippen LogP contribution in [0.15, 0.2) is 24.8 Å². The lowest BCUT2D eigenvalue weighted by Gasteiger charge is -2.07. The van der Waals surface area contributed by atoms with Gasteiger partial charge in [-0.05, 0) is 20.8 Å². The minimum Gasteiger partial charge on any atom is -0.349 e. The average molecular weight is 326 g/mol. The van der Waals surface area contributed by atoms with Crippen LogP contribution >= 0.6 is 0 Å². The number of fused-ring (bicyclic) bond motifs is 1. The first-order valence-electron chi connectivity index (χ1n) is 7.55. The predicted octanol–water partition coefficient (Wildman–Crippen LogP) is 1.06. The van der Waals surface area contributed by atoms with Crippen LogP contribution in [-0.2, 0) is 17.9 Å². The maximum absolute atomic E-state index is 12.2. The summed E-state index contributed by atoms with van der Waals surface area (Å²) in [6, 6.07) is 0. The third-order valence-corrected chi connectivity index (χ3v) is 3.89. The highest BCUT2D eigenvalue weighted by molar-refractivity contribution is 5.96. The van der Waals surface area contributed by atoms with Crippen LogP contribution in [-0.4, -0.2) is 35.8 Å². The van der Waals surface area contributed by atoms with E-state index < -0.39 is 0 Å². The van der Waals surface area contributed by atoms with Crippen molar-refractivity contribution >= 4 is 17.3 Å². The smallest absolute Gasteiger partial charge is 0.242 e. The van der Waals surface area contributed by atoms with E-state index >= 15 is 0 Å².